The molecule has 1 aromatic heterocycles. The number of hydrogen-bond donors (Lipinski definition) is 1. The van der Waals surface area contributed by atoms with Crippen molar-refractivity contribution in [2.75, 3.05) is 0 Å². The van der Waals surface area contributed by atoms with Crippen LogP contribution in [-0.4, -0.2) is 15.7 Å². The lowest BCUT2D eigenvalue weighted by atomic mass is 9.67. The highest BCUT2D eigenvalue weighted by atomic mass is 19.1. The molecule has 170 valence electrons. The Balaban J connectivity index is 1.46. The molecule has 2 fully saturated rings. The molecular formula is C27H27F2N3O. The van der Waals surface area contributed by atoms with Crippen molar-refractivity contribution in [1.29, 1.82) is 0 Å². The van der Waals surface area contributed by atoms with Crippen LogP contribution in [0.2, 0.25) is 0 Å². The fourth-order valence-electron chi connectivity index (χ4n) is 6.64. The average molecular weight is 448 g/mol. The largest absolute Gasteiger partial charge is 0.344 e. The van der Waals surface area contributed by atoms with Gasteiger partial charge in [-0.15, -0.1) is 0 Å². The third-order valence-electron chi connectivity index (χ3n) is 7.89. The van der Waals surface area contributed by atoms with Gasteiger partial charge in [-0.3, -0.25) is 4.79 Å². The highest BCUT2D eigenvalue weighted by Crippen LogP contribution is 2.57. The number of carbonyl (C=O) groups excluding carboxylic acids is 1. The Kier molecular flexibility index (Phi) is 4.86. The van der Waals surface area contributed by atoms with Crippen LogP contribution < -0.4 is 5.32 Å². The summed E-state index contributed by atoms with van der Waals surface area (Å²) in [7, 11) is 0. The van der Waals surface area contributed by atoms with Gasteiger partial charge in [0.2, 0.25) is 0 Å². The summed E-state index contributed by atoms with van der Waals surface area (Å²) >= 11 is 0. The summed E-state index contributed by atoms with van der Waals surface area (Å²) in [5.74, 6) is 0.293. The van der Waals surface area contributed by atoms with E-state index in [-0.39, 0.29) is 29.5 Å². The predicted molar refractivity (Wildman–Crippen MR) is 121 cm³/mol. The molecule has 0 radical (unpaired) electrons. The summed E-state index contributed by atoms with van der Waals surface area (Å²) in [5, 5.41) is 7.81. The lowest BCUT2D eigenvalue weighted by Gasteiger charge is -2.38. The van der Waals surface area contributed by atoms with Gasteiger partial charge in [-0.25, -0.2) is 13.5 Å². The second-order valence-electron chi connectivity index (χ2n) is 10.1. The van der Waals surface area contributed by atoms with Crippen molar-refractivity contribution in [3.8, 4) is 5.69 Å². The zero-order valence-electron chi connectivity index (χ0n) is 18.6. The van der Waals surface area contributed by atoms with Gasteiger partial charge in [0.1, 0.15) is 11.5 Å². The maximum atomic E-state index is 14.9. The van der Waals surface area contributed by atoms with E-state index in [0.717, 1.165) is 48.6 Å². The maximum Gasteiger partial charge on any atom is 0.272 e. The third-order valence-corrected chi connectivity index (χ3v) is 7.89. The molecule has 1 heterocycles. The van der Waals surface area contributed by atoms with Crippen molar-refractivity contribution in [1.82, 2.24) is 15.1 Å². The van der Waals surface area contributed by atoms with Crippen LogP contribution >= 0.6 is 0 Å². The number of halogens is 2. The molecule has 3 atom stereocenters. The number of hydrogen-bond acceptors (Lipinski definition) is 2. The minimum Gasteiger partial charge on any atom is -0.344 e. The Hall–Kier alpha value is -3.02. The Morgan fingerprint density at radius 2 is 1.70 bits per heavy atom. The second kappa shape index (κ2) is 7.79. The quantitative estimate of drug-likeness (QED) is 0.531. The van der Waals surface area contributed by atoms with E-state index in [1.165, 1.54) is 18.6 Å². The van der Waals surface area contributed by atoms with Crippen molar-refractivity contribution in [2.24, 2.45) is 11.8 Å². The summed E-state index contributed by atoms with van der Waals surface area (Å²) in [4.78, 5) is 13.5. The summed E-state index contributed by atoms with van der Waals surface area (Å²) in [6.07, 6.45) is 5.48. The van der Waals surface area contributed by atoms with Crippen LogP contribution in [0.3, 0.4) is 0 Å². The molecule has 1 amide bonds. The summed E-state index contributed by atoms with van der Waals surface area (Å²) < 4.78 is 30.1. The van der Waals surface area contributed by atoms with Crippen LogP contribution in [0, 0.1) is 23.5 Å². The van der Waals surface area contributed by atoms with Crippen LogP contribution in [0.1, 0.15) is 84.2 Å². The van der Waals surface area contributed by atoms with Gasteiger partial charge in [0, 0.05) is 17.5 Å². The lowest BCUT2D eigenvalue weighted by Crippen LogP contribution is -2.29. The molecule has 2 saturated carbocycles. The summed E-state index contributed by atoms with van der Waals surface area (Å²) in [6, 6.07) is 13.2. The first-order valence-corrected chi connectivity index (χ1v) is 11.9. The molecule has 33 heavy (non-hydrogen) atoms. The molecule has 4 nitrogen and oxygen atoms in total. The van der Waals surface area contributed by atoms with Crippen LogP contribution in [-0.2, 0) is 0 Å². The van der Waals surface area contributed by atoms with Crippen molar-refractivity contribution in [3.63, 3.8) is 0 Å². The molecule has 4 aliphatic carbocycles. The van der Waals surface area contributed by atoms with Crippen molar-refractivity contribution < 1.29 is 13.6 Å². The summed E-state index contributed by atoms with van der Waals surface area (Å²) in [6.45, 7) is 1.95. The molecule has 4 aliphatic rings. The van der Waals surface area contributed by atoms with Gasteiger partial charge < -0.3 is 5.32 Å². The number of rotatable bonds is 4. The van der Waals surface area contributed by atoms with Gasteiger partial charge in [-0.1, -0.05) is 30.3 Å². The molecule has 7 rings (SSSR count). The normalized spacial score (nSPS) is 26.0. The number of nitrogens with one attached hydrogen (secondary N) is 1. The van der Waals surface area contributed by atoms with E-state index in [9.17, 15) is 13.6 Å². The molecule has 0 aliphatic heterocycles. The molecule has 4 bridgehead atoms. The van der Waals surface area contributed by atoms with E-state index in [2.05, 4.69) is 5.32 Å². The number of carbonyl (C=O) groups is 1. The zero-order valence-corrected chi connectivity index (χ0v) is 18.6. The SMILES string of the molecule is C[C@H](NC(=O)c1nn(-c2ccc(F)cc2F)c2c1C1CC3CC(C1)CC2C3)c1ccccc1. The molecule has 1 N–H and O–H groups in total. The number of aromatic nitrogens is 2. The van der Waals surface area contributed by atoms with Gasteiger partial charge in [-0.05, 0) is 74.5 Å². The van der Waals surface area contributed by atoms with Crippen LogP contribution in [0.15, 0.2) is 48.5 Å². The Bertz CT molecular complexity index is 1210. The van der Waals surface area contributed by atoms with Gasteiger partial charge in [-0.2, -0.15) is 5.10 Å². The van der Waals surface area contributed by atoms with Crippen molar-refractivity contribution in [3.05, 3.63) is 82.7 Å². The average Bonchev–Trinajstić information content (AvgIpc) is 3.11. The molecular weight excluding hydrogens is 420 g/mol. The maximum absolute atomic E-state index is 14.9. The van der Waals surface area contributed by atoms with Crippen molar-refractivity contribution in [2.45, 2.75) is 56.9 Å². The van der Waals surface area contributed by atoms with E-state index in [1.54, 1.807) is 4.68 Å². The fourth-order valence-corrected chi connectivity index (χ4v) is 6.64. The third kappa shape index (κ3) is 3.47. The predicted octanol–water partition coefficient (Wildman–Crippen LogP) is 6.03. The zero-order chi connectivity index (χ0) is 22.7. The lowest BCUT2D eigenvalue weighted by molar-refractivity contribution is 0.0931. The smallest absolute Gasteiger partial charge is 0.272 e. The Morgan fingerprint density at radius 3 is 2.39 bits per heavy atom. The number of amides is 1. The monoisotopic (exact) mass is 447 g/mol. The van der Waals surface area contributed by atoms with Crippen LogP contribution in [0.25, 0.3) is 5.69 Å². The van der Waals surface area contributed by atoms with Crippen LogP contribution in [0.4, 0.5) is 8.78 Å². The minimum absolute atomic E-state index is 0.180. The van der Waals surface area contributed by atoms with E-state index in [4.69, 9.17) is 5.10 Å². The first-order chi connectivity index (χ1) is 16.0. The number of benzene rings is 2. The molecule has 0 spiro atoms. The fraction of sp³-hybridized carbons (Fsp3) is 0.407. The first-order valence-electron chi connectivity index (χ1n) is 11.9. The van der Waals surface area contributed by atoms with Gasteiger partial charge in [0.05, 0.1) is 11.7 Å². The topological polar surface area (TPSA) is 46.9 Å². The Labute approximate surface area is 192 Å². The molecule has 2 unspecified atom stereocenters. The van der Waals surface area contributed by atoms with Gasteiger partial charge in [0.25, 0.3) is 5.91 Å². The number of nitrogens with zero attached hydrogens (tertiary/aromatic N) is 2. The van der Waals surface area contributed by atoms with E-state index in [0.29, 0.717) is 17.5 Å². The first kappa shape index (κ1) is 20.6. The standard InChI is InChI=1S/C27H27F2N3O/c1-15(18-5-3-2-4-6-18)30-27(33)25-24-19-10-16-9-17(11-19)13-20(12-16)26(24)32(31-25)23-8-7-21(28)14-22(23)29/h2-8,14-17,19-20H,9-13H2,1H3,(H,30,33)/t15-,16?,17?,19?,20?/m0/s1. The minimum atomic E-state index is -0.658. The van der Waals surface area contributed by atoms with Gasteiger partial charge >= 0.3 is 0 Å². The molecule has 0 saturated heterocycles. The van der Waals surface area contributed by atoms with E-state index in [1.807, 2.05) is 37.3 Å². The van der Waals surface area contributed by atoms with E-state index >= 15 is 0 Å². The highest BCUT2D eigenvalue weighted by Gasteiger charge is 2.46. The Morgan fingerprint density at radius 1 is 1.00 bits per heavy atom. The van der Waals surface area contributed by atoms with Crippen LogP contribution in [0.5, 0.6) is 0 Å². The molecule has 6 heteroatoms. The highest BCUT2D eigenvalue weighted by molar-refractivity contribution is 5.94. The van der Waals surface area contributed by atoms with E-state index < -0.39 is 11.6 Å². The molecule has 3 aromatic rings. The second-order valence-corrected chi connectivity index (χ2v) is 10.1. The van der Waals surface area contributed by atoms with Crippen molar-refractivity contribution >= 4 is 5.91 Å². The van der Waals surface area contributed by atoms with Gasteiger partial charge in [0.15, 0.2) is 11.5 Å². The molecule has 2 aromatic carbocycles. The summed E-state index contributed by atoms with van der Waals surface area (Å²) in [5.41, 5.74) is 3.58.